The summed E-state index contributed by atoms with van der Waals surface area (Å²) in [6.45, 7) is 2.16. The Labute approximate surface area is 212 Å². The number of nitriles is 1. The van der Waals surface area contributed by atoms with Crippen molar-refractivity contribution in [1.29, 1.82) is 5.26 Å². The molecule has 37 heavy (non-hydrogen) atoms. The lowest BCUT2D eigenvalue weighted by molar-refractivity contribution is -0.187. The van der Waals surface area contributed by atoms with Crippen molar-refractivity contribution in [1.82, 2.24) is 20.1 Å². The normalized spacial score (nSPS) is 29.3. The predicted molar refractivity (Wildman–Crippen MR) is 129 cm³/mol. The Morgan fingerprint density at radius 3 is 2.57 bits per heavy atom. The number of aromatic nitrogens is 3. The maximum absolute atomic E-state index is 14.6. The van der Waals surface area contributed by atoms with Gasteiger partial charge in [0, 0.05) is 49.4 Å². The van der Waals surface area contributed by atoms with Crippen molar-refractivity contribution < 1.29 is 17.6 Å². The van der Waals surface area contributed by atoms with Gasteiger partial charge in [-0.2, -0.15) is 18.4 Å². The van der Waals surface area contributed by atoms with Gasteiger partial charge >= 0.3 is 6.18 Å². The van der Waals surface area contributed by atoms with Crippen LogP contribution in [-0.4, -0.2) is 59.5 Å². The topological polar surface area (TPSA) is 82.1 Å². The third-order valence-corrected chi connectivity index (χ3v) is 9.52. The van der Waals surface area contributed by atoms with Crippen LogP contribution in [-0.2, 0) is 5.41 Å². The Morgan fingerprint density at radius 1 is 1.08 bits per heavy atom. The molecule has 2 aromatic heterocycles. The van der Waals surface area contributed by atoms with E-state index < -0.39 is 17.0 Å². The molecule has 4 fully saturated rings. The second-order valence-electron chi connectivity index (χ2n) is 11.7. The highest BCUT2D eigenvalue weighted by atomic mass is 19.4. The molecule has 7 nitrogen and oxygen atoms in total. The first-order chi connectivity index (χ1) is 17.7. The molecule has 2 saturated heterocycles. The first kappa shape index (κ1) is 23.0. The average Bonchev–Trinajstić information content (AvgIpc) is 3.18. The van der Waals surface area contributed by atoms with Gasteiger partial charge in [-0.15, -0.1) is 10.2 Å². The number of nitrogens with zero attached hydrogens (tertiary/aromatic N) is 6. The minimum atomic E-state index is -4.41. The number of anilines is 1. The van der Waals surface area contributed by atoms with Gasteiger partial charge in [0.25, 0.3) is 0 Å². The van der Waals surface area contributed by atoms with E-state index in [1.165, 1.54) is 0 Å². The number of benzene rings is 1. The predicted octanol–water partition coefficient (Wildman–Crippen LogP) is 4.79. The second-order valence-corrected chi connectivity index (χ2v) is 11.7. The Balaban J connectivity index is 1.20. The molecule has 0 radical (unpaired) electrons. The molecule has 4 heterocycles. The lowest BCUT2D eigenvalue weighted by Crippen LogP contribution is -2.55. The van der Waals surface area contributed by atoms with Crippen LogP contribution in [0.4, 0.5) is 18.9 Å². The van der Waals surface area contributed by atoms with E-state index in [-0.39, 0.29) is 31.3 Å². The van der Waals surface area contributed by atoms with E-state index in [4.69, 9.17) is 4.42 Å². The summed E-state index contributed by atoms with van der Waals surface area (Å²) >= 11 is 0. The highest BCUT2D eigenvalue weighted by Gasteiger charge is 2.86. The molecular weight excluding hydrogens is 481 g/mol. The number of likely N-dealkylation sites (tertiary alicyclic amines) is 1. The molecule has 192 valence electrons. The molecule has 10 heteroatoms. The summed E-state index contributed by atoms with van der Waals surface area (Å²) in [5.41, 5.74) is -1.27. The summed E-state index contributed by atoms with van der Waals surface area (Å²) in [6.07, 6.45) is 1.17. The second kappa shape index (κ2) is 7.44. The largest absolute Gasteiger partial charge is 0.424 e. The van der Waals surface area contributed by atoms with Crippen LogP contribution in [0.1, 0.15) is 55.4 Å². The highest BCUT2D eigenvalue weighted by molar-refractivity contribution is 5.95. The van der Waals surface area contributed by atoms with Crippen LogP contribution < -0.4 is 4.90 Å². The Kier molecular flexibility index (Phi) is 4.62. The first-order valence-electron chi connectivity index (χ1n) is 12.8. The molecule has 0 N–H and O–H groups in total. The summed E-state index contributed by atoms with van der Waals surface area (Å²) in [5.74, 6) is 0.711. The number of piperidine rings is 1. The van der Waals surface area contributed by atoms with Gasteiger partial charge < -0.3 is 14.2 Å². The molecule has 0 unspecified atom stereocenters. The highest BCUT2D eigenvalue weighted by Crippen LogP contribution is 2.75. The maximum Gasteiger partial charge on any atom is 0.397 e. The van der Waals surface area contributed by atoms with E-state index in [0.717, 1.165) is 38.8 Å². The molecule has 0 bridgehead atoms. The molecular formula is C27H27F3N6O. The minimum absolute atomic E-state index is 0.0474. The van der Waals surface area contributed by atoms with Crippen LogP contribution in [0.15, 0.2) is 34.9 Å². The quantitative estimate of drug-likeness (QED) is 0.503. The van der Waals surface area contributed by atoms with E-state index in [9.17, 15) is 18.4 Å². The van der Waals surface area contributed by atoms with Crippen molar-refractivity contribution in [3.63, 3.8) is 0 Å². The molecule has 3 aromatic rings. The summed E-state index contributed by atoms with van der Waals surface area (Å²) in [5, 5.41) is 18.7. The monoisotopic (exact) mass is 508 g/mol. The Bertz CT molecular complexity index is 1430. The van der Waals surface area contributed by atoms with Crippen molar-refractivity contribution in [2.24, 2.45) is 10.8 Å². The molecule has 2 aliphatic heterocycles. The minimum Gasteiger partial charge on any atom is -0.424 e. The number of rotatable bonds is 3. The van der Waals surface area contributed by atoms with E-state index >= 15 is 0 Å². The van der Waals surface area contributed by atoms with Crippen molar-refractivity contribution >= 4 is 16.6 Å². The number of halogens is 3. The number of pyridine rings is 1. The van der Waals surface area contributed by atoms with E-state index in [1.807, 2.05) is 0 Å². The molecule has 0 amide bonds. The standard InChI is InChI=1S/C27H27F3N6O/c1-35-13-24(14-35)8-6-17(7-9-24)22-33-34-23(37-22)25-12-26(25,27(28,29)30)16-36(15-25)20-5-4-18(11-31)21-19(20)3-2-10-32-21/h2-5,10,17H,6-9,12-16H2,1H3/t25-,26-/m0/s1. The van der Waals surface area contributed by atoms with Crippen LogP contribution in [0.3, 0.4) is 0 Å². The van der Waals surface area contributed by atoms with Gasteiger partial charge in [-0.3, -0.25) is 4.98 Å². The molecule has 2 atom stereocenters. The third kappa shape index (κ3) is 3.13. The summed E-state index contributed by atoms with van der Waals surface area (Å²) in [4.78, 5) is 8.40. The van der Waals surface area contributed by atoms with Crippen molar-refractivity contribution in [2.45, 2.75) is 49.6 Å². The van der Waals surface area contributed by atoms with E-state index in [0.29, 0.717) is 33.5 Å². The van der Waals surface area contributed by atoms with Gasteiger partial charge in [-0.05, 0) is 68.8 Å². The average molecular weight is 509 g/mol. The zero-order valence-corrected chi connectivity index (χ0v) is 20.6. The molecule has 1 aromatic carbocycles. The van der Waals surface area contributed by atoms with Crippen molar-refractivity contribution in [3.8, 4) is 6.07 Å². The van der Waals surface area contributed by atoms with Gasteiger partial charge in [-0.25, -0.2) is 0 Å². The van der Waals surface area contributed by atoms with Crippen molar-refractivity contribution in [3.05, 3.63) is 47.8 Å². The summed E-state index contributed by atoms with van der Waals surface area (Å²) < 4.78 is 49.9. The van der Waals surface area contributed by atoms with Crippen molar-refractivity contribution in [2.75, 3.05) is 38.1 Å². The molecule has 1 spiro atoms. The molecule has 2 aliphatic carbocycles. The Hall–Kier alpha value is -3.19. The fraction of sp³-hybridized carbons (Fsp3) is 0.556. The molecule has 7 rings (SSSR count). The SMILES string of the molecule is CN1CC2(CCC(c3nnc([C@]45CN(c6ccc(C#N)c7ncccc67)C[C@@]4(C(F)(F)F)C5)o3)CC2)C1. The molecule has 4 aliphatic rings. The number of alkyl halides is 3. The van der Waals surface area contributed by atoms with Gasteiger partial charge in [-0.1, -0.05) is 0 Å². The fourth-order valence-corrected chi connectivity index (χ4v) is 7.58. The van der Waals surface area contributed by atoms with Crippen LogP contribution in [0.5, 0.6) is 0 Å². The smallest absolute Gasteiger partial charge is 0.397 e. The first-order valence-corrected chi connectivity index (χ1v) is 12.8. The van der Waals surface area contributed by atoms with E-state index in [2.05, 4.69) is 33.2 Å². The lowest BCUT2D eigenvalue weighted by atomic mass is 9.66. The maximum atomic E-state index is 14.6. The third-order valence-electron chi connectivity index (χ3n) is 9.52. The lowest BCUT2D eigenvalue weighted by Gasteiger charge is -2.52. The van der Waals surface area contributed by atoms with Gasteiger partial charge in [0.2, 0.25) is 11.8 Å². The van der Waals surface area contributed by atoms with Gasteiger partial charge in [0.15, 0.2) is 0 Å². The van der Waals surface area contributed by atoms with Crippen LogP contribution in [0.25, 0.3) is 10.9 Å². The van der Waals surface area contributed by atoms with Gasteiger partial charge in [0.05, 0.1) is 16.5 Å². The van der Waals surface area contributed by atoms with Crippen LogP contribution in [0.2, 0.25) is 0 Å². The fourth-order valence-electron chi connectivity index (χ4n) is 7.58. The number of fused-ring (bicyclic) bond motifs is 2. The number of hydrogen-bond acceptors (Lipinski definition) is 7. The summed E-state index contributed by atoms with van der Waals surface area (Å²) in [7, 11) is 2.13. The molecule has 2 saturated carbocycles. The summed E-state index contributed by atoms with van der Waals surface area (Å²) in [6, 6.07) is 9.01. The zero-order valence-electron chi connectivity index (χ0n) is 20.6. The van der Waals surface area contributed by atoms with Crippen LogP contribution in [0, 0.1) is 22.2 Å². The van der Waals surface area contributed by atoms with E-state index in [1.54, 1.807) is 35.4 Å². The zero-order chi connectivity index (χ0) is 25.6. The number of hydrogen-bond donors (Lipinski definition) is 0. The van der Waals surface area contributed by atoms with Crippen LogP contribution >= 0.6 is 0 Å². The van der Waals surface area contributed by atoms with Gasteiger partial charge in [0.1, 0.15) is 11.5 Å². The Morgan fingerprint density at radius 2 is 1.86 bits per heavy atom.